The van der Waals surface area contributed by atoms with Gasteiger partial charge in [0.15, 0.2) is 6.10 Å². The Morgan fingerprint density at radius 1 is 1.17 bits per heavy atom. The number of carbonyl (C=O) groups is 1. The highest BCUT2D eigenvalue weighted by Crippen LogP contribution is 2.23. The van der Waals surface area contributed by atoms with Gasteiger partial charge < -0.3 is 14.6 Å². The minimum Gasteiger partial charge on any atom is -0.497 e. The van der Waals surface area contributed by atoms with E-state index in [1.165, 1.54) is 13.3 Å². The number of nitrogens with zero attached hydrogens (tertiary/aromatic N) is 1. The number of aliphatic hydroxyl groups excluding tert-OH is 1. The Bertz CT molecular complexity index is 686. The second-order valence-corrected chi connectivity index (χ2v) is 4.66. The lowest BCUT2D eigenvalue weighted by Crippen LogP contribution is -2.25. The van der Waals surface area contributed by atoms with Gasteiger partial charge in [-0.1, -0.05) is 30.3 Å². The minimum atomic E-state index is -1.27. The van der Waals surface area contributed by atoms with Crippen LogP contribution in [0.2, 0.25) is 0 Å². The molecule has 6 heteroatoms. The molecule has 0 aliphatic heterocycles. The van der Waals surface area contributed by atoms with Crippen LogP contribution in [0.15, 0.2) is 53.6 Å². The van der Waals surface area contributed by atoms with Crippen LogP contribution >= 0.6 is 0 Å². The van der Waals surface area contributed by atoms with Crippen molar-refractivity contribution >= 4 is 12.1 Å². The Morgan fingerprint density at radius 3 is 2.57 bits per heavy atom. The average Bonchev–Trinajstić information content (AvgIpc) is 2.61. The summed E-state index contributed by atoms with van der Waals surface area (Å²) in [5.41, 5.74) is 3.47. The molecule has 0 spiro atoms. The first-order valence-electron chi connectivity index (χ1n) is 6.93. The molecule has 2 rings (SSSR count). The van der Waals surface area contributed by atoms with E-state index in [9.17, 15) is 9.90 Å². The van der Waals surface area contributed by atoms with Gasteiger partial charge in [0.2, 0.25) is 0 Å². The van der Waals surface area contributed by atoms with Crippen molar-refractivity contribution in [2.75, 3.05) is 14.2 Å². The first-order chi connectivity index (χ1) is 11.2. The molecule has 0 radical (unpaired) electrons. The first kappa shape index (κ1) is 16.5. The van der Waals surface area contributed by atoms with E-state index < -0.39 is 12.0 Å². The van der Waals surface area contributed by atoms with Crippen molar-refractivity contribution in [3.05, 3.63) is 59.7 Å². The van der Waals surface area contributed by atoms with Crippen LogP contribution in [0.3, 0.4) is 0 Å². The van der Waals surface area contributed by atoms with Crippen LogP contribution in [-0.4, -0.2) is 31.4 Å². The maximum Gasteiger partial charge on any atom is 0.273 e. The van der Waals surface area contributed by atoms with Crippen molar-refractivity contribution in [2.24, 2.45) is 5.10 Å². The molecule has 2 N–H and O–H groups in total. The lowest BCUT2D eigenvalue weighted by atomic mass is 10.1. The van der Waals surface area contributed by atoms with E-state index in [-0.39, 0.29) is 0 Å². The second-order valence-electron chi connectivity index (χ2n) is 4.66. The van der Waals surface area contributed by atoms with Gasteiger partial charge in [0.05, 0.1) is 20.4 Å². The first-order valence-corrected chi connectivity index (χ1v) is 6.93. The highest BCUT2D eigenvalue weighted by atomic mass is 16.5. The SMILES string of the molecule is COc1ccc(C=NNC(=O)C(O)c2ccccc2)c(OC)c1. The third-order valence-electron chi connectivity index (χ3n) is 3.18. The van der Waals surface area contributed by atoms with Gasteiger partial charge in [-0.15, -0.1) is 0 Å². The summed E-state index contributed by atoms with van der Waals surface area (Å²) in [5.74, 6) is 0.605. The molecule has 1 unspecified atom stereocenters. The number of hydrazone groups is 1. The van der Waals surface area contributed by atoms with E-state index in [1.807, 2.05) is 6.07 Å². The molecule has 0 bridgehead atoms. The number of nitrogens with one attached hydrogen (secondary N) is 1. The van der Waals surface area contributed by atoms with E-state index in [0.29, 0.717) is 22.6 Å². The summed E-state index contributed by atoms with van der Waals surface area (Å²) in [7, 11) is 3.09. The molecule has 0 saturated carbocycles. The van der Waals surface area contributed by atoms with E-state index in [0.717, 1.165) is 0 Å². The molecule has 0 saturated heterocycles. The zero-order chi connectivity index (χ0) is 16.7. The number of aliphatic hydroxyl groups is 1. The van der Waals surface area contributed by atoms with E-state index in [4.69, 9.17) is 9.47 Å². The molecular formula is C17H18N2O4. The Labute approximate surface area is 134 Å². The number of rotatable bonds is 6. The lowest BCUT2D eigenvalue weighted by molar-refractivity contribution is -0.129. The molecule has 0 aromatic heterocycles. The van der Waals surface area contributed by atoms with Crippen molar-refractivity contribution in [2.45, 2.75) is 6.10 Å². The molecule has 0 aliphatic rings. The smallest absolute Gasteiger partial charge is 0.273 e. The van der Waals surface area contributed by atoms with Crippen LogP contribution in [0.1, 0.15) is 17.2 Å². The van der Waals surface area contributed by atoms with Crippen LogP contribution < -0.4 is 14.9 Å². The summed E-state index contributed by atoms with van der Waals surface area (Å²) < 4.78 is 10.3. The number of ether oxygens (including phenoxy) is 2. The molecule has 2 aromatic rings. The fraction of sp³-hybridized carbons (Fsp3) is 0.176. The van der Waals surface area contributed by atoms with Gasteiger partial charge in [-0.2, -0.15) is 5.10 Å². The van der Waals surface area contributed by atoms with Gasteiger partial charge in [-0.25, -0.2) is 5.43 Å². The number of hydrogen-bond acceptors (Lipinski definition) is 5. The fourth-order valence-corrected chi connectivity index (χ4v) is 1.94. The predicted octanol–water partition coefficient (Wildman–Crippen LogP) is 1.89. The molecule has 0 aliphatic carbocycles. The van der Waals surface area contributed by atoms with Crippen LogP contribution in [0.4, 0.5) is 0 Å². The summed E-state index contributed by atoms with van der Waals surface area (Å²) in [6.07, 6.45) is 0.166. The number of hydrogen-bond donors (Lipinski definition) is 2. The molecule has 23 heavy (non-hydrogen) atoms. The number of carbonyl (C=O) groups excluding carboxylic acids is 1. The molecule has 1 atom stereocenters. The van der Waals surface area contributed by atoms with Gasteiger partial charge in [-0.05, 0) is 17.7 Å². The average molecular weight is 314 g/mol. The Hall–Kier alpha value is -2.86. The quantitative estimate of drug-likeness (QED) is 0.630. The van der Waals surface area contributed by atoms with Crippen molar-refractivity contribution in [1.29, 1.82) is 0 Å². The second kappa shape index (κ2) is 7.95. The van der Waals surface area contributed by atoms with Gasteiger partial charge in [-0.3, -0.25) is 4.79 Å². The predicted molar refractivity (Wildman–Crippen MR) is 86.7 cm³/mol. The highest BCUT2D eigenvalue weighted by molar-refractivity contribution is 5.87. The minimum absolute atomic E-state index is 0.502. The van der Waals surface area contributed by atoms with Crippen molar-refractivity contribution in [3.8, 4) is 11.5 Å². The van der Waals surface area contributed by atoms with Crippen LogP contribution in [0, 0.1) is 0 Å². The van der Waals surface area contributed by atoms with Gasteiger partial charge in [0.1, 0.15) is 11.5 Å². The van der Waals surface area contributed by atoms with E-state index in [1.54, 1.807) is 49.6 Å². The third kappa shape index (κ3) is 4.31. The maximum atomic E-state index is 11.9. The summed E-state index contributed by atoms with van der Waals surface area (Å²) in [4.78, 5) is 11.9. The monoisotopic (exact) mass is 314 g/mol. The molecule has 120 valence electrons. The number of benzene rings is 2. The van der Waals surface area contributed by atoms with Crippen LogP contribution in [0.25, 0.3) is 0 Å². The van der Waals surface area contributed by atoms with Gasteiger partial charge >= 0.3 is 0 Å². The highest BCUT2D eigenvalue weighted by Gasteiger charge is 2.16. The third-order valence-corrected chi connectivity index (χ3v) is 3.18. The molecule has 0 heterocycles. The topological polar surface area (TPSA) is 80.2 Å². The lowest BCUT2D eigenvalue weighted by Gasteiger charge is -2.09. The van der Waals surface area contributed by atoms with Gasteiger partial charge in [0.25, 0.3) is 5.91 Å². The number of amides is 1. The normalized spacial score (nSPS) is 12.0. The Kier molecular flexibility index (Phi) is 5.71. The van der Waals surface area contributed by atoms with E-state index >= 15 is 0 Å². The summed E-state index contributed by atoms with van der Waals surface area (Å²) in [6, 6.07) is 13.9. The summed E-state index contributed by atoms with van der Waals surface area (Å²) in [6.45, 7) is 0. The molecular weight excluding hydrogens is 296 g/mol. The maximum absolute atomic E-state index is 11.9. The Morgan fingerprint density at radius 2 is 1.91 bits per heavy atom. The van der Waals surface area contributed by atoms with E-state index in [2.05, 4.69) is 10.5 Å². The van der Waals surface area contributed by atoms with Crippen molar-refractivity contribution in [3.63, 3.8) is 0 Å². The van der Waals surface area contributed by atoms with Gasteiger partial charge in [0, 0.05) is 11.6 Å². The zero-order valence-electron chi connectivity index (χ0n) is 12.9. The largest absolute Gasteiger partial charge is 0.497 e. The van der Waals surface area contributed by atoms with Crippen molar-refractivity contribution < 1.29 is 19.4 Å². The molecule has 2 aromatic carbocycles. The fourth-order valence-electron chi connectivity index (χ4n) is 1.94. The number of methoxy groups -OCH3 is 2. The summed E-state index contributed by atoms with van der Waals surface area (Å²) >= 11 is 0. The molecule has 6 nitrogen and oxygen atoms in total. The summed E-state index contributed by atoms with van der Waals surface area (Å²) in [5, 5.41) is 13.8. The zero-order valence-corrected chi connectivity index (χ0v) is 12.9. The Balaban J connectivity index is 2.02. The van der Waals surface area contributed by atoms with Crippen molar-refractivity contribution in [1.82, 2.24) is 5.43 Å². The van der Waals surface area contributed by atoms with Crippen LogP contribution in [-0.2, 0) is 4.79 Å². The molecule has 0 fully saturated rings. The van der Waals surface area contributed by atoms with Crippen LogP contribution in [0.5, 0.6) is 11.5 Å². The standard InChI is InChI=1S/C17H18N2O4/c1-22-14-9-8-13(15(10-14)23-2)11-18-19-17(21)16(20)12-6-4-3-5-7-12/h3-11,16,20H,1-2H3,(H,19,21). The molecule has 1 amide bonds.